The van der Waals surface area contributed by atoms with Gasteiger partial charge >= 0.3 is 0 Å². The van der Waals surface area contributed by atoms with Gasteiger partial charge in [-0.1, -0.05) is 36.4 Å². The third kappa shape index (κ3) is 4.90. The first kappa shape index (κ1) is 20.2. The Labute approximate surface area is 179 Å². The summed E-state index contributed by atoms with van der Waals surface area (Å²) in [5.41, 5.74) is 5.93. The topological polar surface area (TPSA) is 87.7 Å². The van der Waals surface area contributed by atoms with Gasteiger partial charge in [0, 0.05) is 24.2 Å². The zero-order valence-electron chi connectivity index (χ0n) is 16.7. The van der Waals surface area contributed by atoms with Gasteiger partial charge in [0.05, 0.1) is 5.92 Å². The molecule has 0 spiro atoms. The molecular weight excluding hydrogens is 394 g/mol. The molecule has 1 atom stereocenters. The largest absolute Gasteiger partial charge is 0.457 e. The fourth-order valence-corrected chi connectivity index (χ4v) is 3.33. The van der Waals surface area contributed by atoms with Crippen molar-refractivity contribution >= 4 is 23.4 Å². The van der Waals surface area contributed by atoms with Crippen molar-refractivity contribution < 1.29 is 19.1 Å². The Morgan fingerprint density at radius 3 is 2.10 bits per heavy atom. The Morgan fingerprint density at radius 2 is 1.42 bits per heavy atom. The highest BCUT2D eigenvalue weighted by atomic mass is 16.5. The van der Waals surface area contributed by atoms with Crippen LogP contribution in [-0.2, 0) is 9.59 Å². The normalized spacial score (nSPS) is 15.4. The van der Waals surface area contributed by atoms with Crippen molar-refractivity contribution in [2.24, 2.45) is 5.92 Å². The lowest BCUT2D eigenvalue weighted by atomic mass is 10.1. The van der Waals surface area contributed by atoms with E-state index in [0.717, 1.165) is 5.75 Å². The van der Waals surface area contributed by atoms with Crippen LogP contribution in [0.1, 0.15) is 16.8 Å². The van der Waals surface area contributed by atoms with Gasteiger partial charge in [-0.25, -0.2) is 0 Å². The van der Waals surface area contributed by atoms with Crippen LogP contribution in [0.2, 0.25) is 0 Å². The number of ether oxygens (including phenoxy) is 1. The summed E-state index contributed by atoms with van der Waals surface area (Å²) in [6.45, 7) is 0.241. The van der Waals surface area contributed by atoms with Crippen LogP contribution in [0.15, 0.2) is 84.9 Å². The second-order valence-electron chi connectivity index (χ2n) is 7.12. The molecule has 3 amide bonds. The molecule has 1 aliphatic heterocycles. The summed E-state index contributed by atoms with van der Waals surface area (Å²) in [4.78, 5) is 38.5. The van der Waals surface area contributed by atoms with E-state index in [9.17, 15) is 14.4 Å². The summed E-state index contributed by atoms with van der Waals surface area (Å²) >= 11 is 0. The van der Waals surface area contributed by atoms with Crippen LogP contribution in [-0.4, -0.2) is 24.3 Å². The molecule has 2 N–H and O–H groups in total. The summed E-state index contributed by atoms with van der Waals surface area (Å²) in [7, 11) is 0. The fraction of sp³-hybridized carbons (Fsp3) is 0.125. The predicted octanol–water partition coefficient (Wildman–Crippen LogP) is 3.29. The van der Waals surface area contributed by atoms with Crippen LogP contribution >= 0.6 is 0 Å². The lowest BCUT2D eigenvalue weighted by Crippen LogP contribution is -2.45. The minimum absolute atomic E-state index is 0.0787. The number of rotatable bonds is 5. The van der Waals surface area contributed by atoms with Crippen molar-refractivity contribution in [3.05, 3.63) is 90.5 Å². The van der Waals surface area contributed by atoms with Gasteiger partial charge in [0.1, 0.15) is 11.5 Å². The SMILES string of the molecule is O=C(NNC(=O)C1CC(=O)N(c2ccc(Oc3ccccc3)cc2)C1)c1ccccc1. The predicted molar refractivity (Wildman–Crippen MR) is 115 cm³/mol. The number of benzene rings is 3. The molecule has 4 rings (SSSR count). The van der Waals surface area contributed by atoms with Crippen molar-refractivity contribution in [2.75, 3.05) is 11.4 Å². The summed E-state index contributed by atoms with van der Waals surface area (Å²) in [5, 5.41) is 0. The van der Waals surface area contributed by atoms with Gasteiger partial charge in [0.2, 0.25) is 11.8 Å². The maximum absolute atomic E-state index is 12.5. The molecular formula is C24H21N3O4. The Morgan fingerprint density at radius 1 is 0.806 bits per heavy atom. The van der Waals surface area contributed by atoms with Gasteiger partial charge in [-0.15, -0.1) is 0 Å². The van der Waals surface area contributed by atoms with E-state index in [1.165, 1.54) is 0 Å². The molecule has 1 fully saturated rings. The van der Waals surface area contributed by atoms with Crippen LogP contribution < -0.4 is 20.5 Å². The second-order valence-corrected chi connectivity index (χ2v) is 7.12. The first-order valence-corrected chi connectivity index (χ1v) is 9.89. The lowest BCUT2D eigenvalue weighted by Gasteiger charge is -2.17. The highest BCUT2D eigenvalue weighted by Gasteiger charge is 2.35. The van der Waals surface area contributed by atoms with Gasteiger partial charge in [-0.3, -0.25) is 25.2 Å². The van der Waals surface area contributed by atoms with E-state index in [1.807, 2.05) is 30.3 Å². The van der Waals surface area contributed by atoms with Crippen molar-refractivity contribution in [3.63, 3.8) is 0 Å². The summed E-state index contributed by atoms with van der Waals surface area (Å²) in [6.07, 6.45) is 0.0787. The Hall–Kier alpha value is -4.13. The number of hydrazine groups is 1. The number of hydrogen-bond donors (Lipinski definition) is 2. The molecule has 0 radical (unpaired) electrons. The second kappa shape index (κ2) is 9.13. The first-order valence-electron chi connectivity index (χ1n) is 9.89. The maximum atomic E-state index is 12.5. The minimum Gasteiger partial charge on any atom is -0.457 e. The highest BCUT2D eigenvalue weighted by molar-refractivity contribution is 6.01. The maximum Gasteiger partial charge on any atom is 0.269 e. The van der Waals surface area contributed by atoms with Crippen molar-refractivity contribution in [1.29, 1.82) is 0 Å². The Balaban J connectivity index is 1.33. The number of carbonyl (C=O) groups excluding carboxylic acids is 3. The summed E-state index contributed by atoms with van der Waals surface area (Å²) in [5.74, 6) is -0.135. The Bertz CT molecular complexity index is 1070. The molecule has 1 aliphatic rings. The molecule has 156 valence electrons. The number of amides is 3. The molecule has 1 heterocycles. The van der Waals surface area contributed by atoms with Gasteiger partial charge in [-0.2, -0.15) is 0 Å². The van der Waals surface area contributed by atoms with Crippen LogP contribution in [0.3, 0.4) is 0 Å². The monoisotopic (exact) mass is 415 g/mol. The molecule has 7 heteroatoms. The van der Waals surface area contributed by atoms with Crippen LogP contribution in [0.25, 0.3) is 0 Å². The van der Waals surface area contributed by atoms with E-state index < -0.39 is 17.7 Å². The average molecular weight is 415 g/mol. The van der Waals surface area contributed by atoms with Gasteiger partial charge in [0.25, 0.3) is 5.91 Å². The quantitative estimate of drug-likeness (QED) is 0.626. The van der Waals surface area contributed by atoms with E-state index in [1.54, 1.807) is 59.5 Å². The molecule has 1 saturated heterocycles. The molecule has 1 unspecified atom stereocenters. The molecule has 0 saturated carbocycles. The minimum atomic E-state index is -0.552. The average Bonchev–Trinajstić information content (AvgIpc) is 3.20. The zero-order chi connectivity index (χ0) is 21.6. The number of nitrogens with one attached hydrogen (secondary N) is 2. The number of anilines is 1. The number of para-hydroxylation sites is 1. The van der Waals surface area contributed by atoms with Gasteiger partial charge in [-0.05, 0) is 48.5 Å². The molecule has 0 aliphatic carbocycles. The lowest BCUT2D eigenvalue weighted by molar-refractivity contribution is -0.126. The van der Waals surface area contributed by atoms with E-state index >= 15 is 0 Å². The van der Waals surface area contributed by atoms with E-state index in [-0.39, 0.29) is 18.9 Å². The van der Waals surface area contributed by atoms with Crippen LogP contribution in [0, 0.1) is 5.92 Å². The number of hydrogen-bond acceptors (Lipinski definition) is 4. The molecule has 0 bridgehead atoms. The third-order valence-electron chi connectivity index (χ3n) is 4.96. The first-order chi connectivity index (χ1) is 15.1. The van der Waals surface area contributed by atoms with Gasteiger partial charge < -0.3 is 9.64 Å². The van der Waals surface area contributed by atoms with Crippen molar-refractivity contribution in [3.8, 4) is 11.5 Å². The van der Waals surface area contributed by atoms with Crippen molar-refractivity contribution in [1.82, 2.24) is 10.9 Å². The smallest absolute Gasteiger partial charge is 0.269 e. The van der Waals surface area contributed by atoms with E-state index in [2.05, 4.69) is 10.9 Å². The molecule has 0 aromatic heterocycles. The van der Waals surface area contributed by atoms with Crippen LogP contribution in [0.4, 0.5) is 5.69 Å². The fourth-order valence-electron chi connectivity index (χ4n) is 3.33. The summed E-state index contributed by atoms with van der Waals surface area (Å²) < 4.78 is 5.77. The highest BCUT2D eigenvalue weighted by Crippen LogP contribution is 2.28. The number of nitrogens with zero attached hydrogens (tertiary/aromatic N) is 1. The Kier molecular flexibility index (Phi) is 5.93. The molecule has 31 heavy (non-hydrogen) atoms. The molecule has 3 aromatic carbocycles. The van der Waals surface area contributed by atoms with Gasteiger partial charge in [0.15, 0.2) is 0 Å². The van der Waals surface area contributed by atoms with E-state index in [4.69, 9.17) is 4.74 Å². The van der Waals surface area contributed by atoms with E-state index in [0.29, 0.717) is 17.0 Å². The summed E-state index contributed by atoms with van der Waals surface area (Å²) in [6, 6.07) is 25.1. The van der Waals surface area contributed by atoms with Crippen molar-refractivity contribution in [2.45, 2.75) is 6.42 Å². The molecule has 7 nitrogen and oxygen atoms in total. The van der Waals surface area contributed by atoms with Crippen LogP contribution in [0.5, 0.6) is 11.5 Å². The number of carbonyl (C=O) groups is 3. The zero-order valence-corrected chi connectivity index (χ0v) is 16.7. The molecule has 3 aromatic rings. The standard InChI is InChI=1S/C24H21N3O4/c28-22-15-18(24(30)26-25-23(29)17-7-3-1-4-8-17)16-27(22)19-11-13-21(14-12-19)31-20-9-5-2-6-10-20/h1-14,18H,15-16H2,(H,25,29)(H,26,30). The third-order valence-corrected chi connectivity index (χ3v) is 4.96.